The Balaban J connectivity index is 1.47. The first-order chi connectivity index (χ1) is 16.5. The Bertz CT molecular complexity index is 1290. The highest BCUT2D eigenvalue weighted by molar-refractivity contribution is 6.01. The van der Waals surface area contributed by atoms with Crippen molar-refractivity contribution >= 4 is 28.4 Å². The van der Waals surface area contributed by atoms with E-state index in [1.54, 1.807) is 0 Å². The first-order valence-electron chi connectivity index (χ1n) is 12.0. The minimum Gasteiger partial charge on any atom is -0.447 e. The van der Waals surface area contributed by atoms with Crippen molar-refractivity contribution in [3.8, 4) is 11.3 Å². The Morgan fingerprint density at radius 3 is 2.65 bits per heavy atom. The number of nitrogens with one attached hydrogen (secondary N) is 1. The fourth-order valence-corrected chi connectivity index (χ4v) is 4.61. The minimum atomic E-state index is -0.450. The largest absolute Gasteiger partial charge is 0.447 e. The topological polar surface area (TPSA) is 87.1 Å². The molecule has 1 aliphatic carbocycles. The lowest BCUT2D eigenvalue weighted by molar-refractivity contribution is 0.130. The van der Waals surface area contributed by atoms with E-state index in [4.69, 9.17) is 10.5 Å². The predicted molar refractivity (Wildman–Crippen MR) is 136 cm³/mol. The first-order valence-corrected chi connectivity index (χ1v) is 12.0. The van der Waals surface area contributed by atoms with Gasteiger partial charge in [0.2, 0.25) is 0 Å². The number of benzene rings is 2. The van der Waals surface area contributed by atoms with Gasteiger partial charge in [0, 0.05) is 41.6 Å². The lowest BCUT2D eigenvalue weighted by Crippen LogP contribution is -2.18. The van der Waals surface area contributed by atoms with E-state index in [1.807, 2.05) is 56.8 Å². The maximum absolute atomic E-state index is 11.9. The highest BCUT2D eigenvalue weighted by Gasteiger charge is 2.27. The van der Waals surface area contributed by atoms with Gasteiger partial charge in [-0.2, -0.15) is 0 Å². The fraction of sp³-hybridized carbons (Fsp3) is 0.333. The van der Waals surface area contributed by atoms with Gasteiger partial charge in [-0.15, -0.1) is 0 Å². The van der Waals surface area contributed by atoms with Gasteiger partial charge >= 0.3 is 6.09 Å². The Morgan fingerprint density at radius 2 is 2.00 bits per heavy atom. The van der Waals surface area contributed by atoms with Gasteiger partial charge in [0.1, 0.15) is 0 Å². The number of nitrogen functional groups attached to an aromatic ring is 1. The molecule has 1 aliphatic rings. The number of fused-ring (bicyclic) bond motifs is 1. The molecular formula is C27H31N5O2. The van der Waals surface area contributed by atoms with Crippen LogP contribution >= 0.6 is 0 Å². The molecule has 2 aromatic carbocycles. The molecule has 2 aromatic heterocycles. The normalized spacial score (nSPS) is 13.9. The Morgan fingerprint density at radius 1 is 1.21 bits per heavy atom. The Kier molecular flexibility index (Phi) is 6.01. The molecule has 34 heavy (non-hydrogen) atoms. The fourth-order valence-electron chi connectivity index (χ4n) is 4.61. The van der Waals surface area contributed by atoms with E-state index < -0.39 is 6.09 Å². The summed E-state index contributed by atoms with van der Waals surface area (Å²) in [6.07, 6.45) is 9.54. The van der Waals surface area contributed by atoms with Gasteiger partial charge in [-0.1, -0.05) is 24.3 Å². The zero-order valence-electron chi connectivity index (χ0n) is 19.7. The van der Waals surface area contributed by atoms with E-state index in [-0.39, 0.29) is 6.10 Å². The third-order valence-corrected chi connectivity index (χ3v) is 6.51. The molecule has 1 saturated carbocycles. The summed E-state index contributed by atoms with van der Waals surface area (Å²) < 4.78 is 9.71. The van der Waals surface area contributed by atoms with Gasteiger partial charge in [-0.05, 0) is 63.3 Å². The Labute approximate surface area is 199 Å². The number of anilines is 2. The second-order valence-corrected chi connectivity index (χ2v) is 9.28. The predicted octanol–water partition coefficient (Wildman–Crippen LogP) is 6.01. The summed E-state index contributed by atoms with van der Waals surface area (Å²) in [6.45, 7) is 4.55. The molecule has 0 spiro atoms. The van der Waals surface area contributed by atoms with E-state index in [1.165, 1.54) is 17.5 Å². The van der Waals surface area contributed by atoms with Crippen molar-refractivity contribution in [2.24, 2.45) is 0 Å². The van der Waals surface area contributed by atoms with Crippen LogP contribution < -0.4 is 11.1 Å². The van der Waals surface area contributed by atoms with Gasteiger partial charge in [0.05, 0.1) is 29.3 Å². The molecular weight excluding hydrogens is 426 g/mol. The number of nitrogens with two attached hydrogens (primary N) is 1. The smallest absolute Gasteiger partial charge is 0.411 e. The van der Waals surface area contributed by atoms with Crippen LogP contribution in [-0.4, -0.2) is 26.3 Å². The molecule has 1 fully saturated rings. The lowest BCUT2D eigenvalue weighted by atomic mass is 9.92. The van der Waals surface area contributed by atoms with Gasteiger partial charge in [0.25, 0.3) is 0 Å². The van der Waals surface area contributed by atoms with Gasteiger partial charge in [0.15, 0.2) is 0 Å². The highest BCUT2D eigenvalue weighted by Crippen LogP contribution is 2.44. The van der Waals surface area contributed by atoms with E-state index in [9.17, 15) is 4.79 Å². The summed E-state index contributed by atoms with van der Waals surface area (Å²) in [7, 11) is 0. The van der Waals surface area contributed by atoms with E-state index >= 15 is 0 Å². The molecule has 7 heteroatoms. The van der Waals surface area contributed by atoms with Crippen LogP contribution in [0.2, 0.25) is 0 Å². The van der Waals surface area contributed by atoms with Crippen molar-refractivity contribution in [3.63, 3.8) is 0 Å². The van der Waals surface area contributed by atoms with E-state index in [0.29, 0.717) is 11.7 Å². The van der Waals surface area contributed by atoms with Gasteiger partial charge < -0.3 is 19.6 Å². The first kappa shape index (κ1) is 22.1. The molecule has 1 amide bonds. The average molecular weight is 458 g/mol. The van der Waals surface area contributed by atoms with Gasteiger partial charge in [-0.25, -0.2) is 9.78 Å². The number of amides is 1. The van der Waals surface area contributed by atoms with Crippen molar-refractivity contribution in [1.82, 2.24) is 14.1 Å². The number of ether oxygens (including phenoxy) is 1. The number of rotatable bonds is 7. The van der Waals surface area contributed by atoms with Crippen molar-refractivity contribution in [2.45, 2.75) is 58.2 Å². The third kappa shape index (κ3) is 4.38. The SMILES string of the molecule is CC(C)OC(=O)Nc1ccc(-c2c(N)c3ccc(CCn4ccnc4)cc3n2C2CCC2)cc1. The average Bonchev–Trinajstić information content (AvgIpc) is 3.38. The summed E-state index contributed by atoms with van der Waals surface area (Å²) in [4.78, 5) is 16.1. The number of aryl methyl sites for hydroxylation is 2. The monoisotopic (exact) mass is 457 g/mol. The number of nitrogens with zero attached hydrogens (tertiary/aromatic N) is 3. The summed E-state index contributed by atoms with van der Waals surface area (Å²) >= 11 is 0. The van der Waals surface area contributed by atoms with Crippen molar-refractivity contribution in [3.05, 3.63) is 66.7 Å². The van der Waals surface area contributed by atoms with Crippen LogP contribution in [0.4, 0.5) is 16.2 Å². The van der Waals surface area contributed by atoms with Crippen molar-refractivity contribution in [2.75, 3.05) is 11.1 Å². The molecule has 4 aromatic rings. The second kappa shape index (κ2) is 9.25. The van der Waals surface area contributed by atoms with Gasteiger partial charge in [-0.3, -0.25) is 5.32 Å². The molecule has 0 aliphatic heterocycles. The highest BCUT2D eigenvalue weighted by atomic mass is 16.6. The zero-order chi connectivity index (χ0) is 23.7. The van der Waals surface area contributed by atoms with Crippen LogP contribution in [0.3, 0.4) is 0 Å². The van der Waals surface area contributed by atoms with Crippen LogP contribution in [-0.2, 0) is 17.7 Å². The van der Waals surface area contributed by atoms with Crippen LogP contribution in [0, 0.1) is 0 Å². The zero-order valence-corrected chi connectivity index (χ0v) is 19.7. The number of hydrogen-bond donors (Lipinski definition) is 2. The van der Waals surface area contributed by atoms with Crippen molar-refractivity contribution < 1.29 is 9.53 Å². The standard InChI is InChI=1S/C27H31N5O2/c1-18(2)34-27(33)30-21-9-7-20(8-10-21)26-25(28)23-11-6-19(12-14-31-15-13-29-17-31)16-24(23)32(26)22-4-3-5-22/h6-11,13,15-18,22H,3-5,12,14,28H2,1-2H3,(H,30,33). The number of carbonyl (C=O) groups is 1. The maximum Gasteiger partial charge on any atom is 0.411 e. The molecule has 3 N–H and O–H groups in total. The molecule has 2 heterocycles. The summed E-state index contributed by atoms with van der Waals surface area (Å²) in [5.41, 5.74) is 12.8. The summed E-state index contributed by atoms with van der Waals surface area (Å²) in [5.74, 6) is 0. The van der Waals surface area contributed by atoms with Crippen LogP contribution in [0.15, 0.2) is 61.2 Å². The number of hydrogen-bond acceptors (Lipinski definition) is 4. The number of imidazole rings is 1. The summed E-state index contributed by atoms with van der Waals surface area (Å²) in [5, 5.41) is 3.87. The maximum atomic E-state index is 11.9. The quantitative estimate of drug-likeness (QED) is 0.356. The summed E-state index contributed by atoms with van der Waals surface area (Å²) in [6, 6.07) is 14.9. The molecule has 0 saturated heterocycles. The molecule has 5 rings (SSSR count). The Hall–Kier alpha value is -3.74. The second-order valence-electron chi connectivity index (χ2n) is 9.28. The molecule has 0 bridgehead atoms. The van der Waals surface area contributed by atoms with Crippen molar-refractivity contribution in [1.29, 1.82) is 0 Å². The molecule has 0 atom stereocenters. The van der Waals surface area contributed by atoms with E-state index in [0.717, 1.165) is 48.1 Å². The third-order valence-electron chi connectivity index (χ3n) is 6.51. The van der Waals surface area contributed by atoms with Crippen LogP contribution in [0.5, 0.6) is 0 Å². The number of aromatic nitrogens is 3. The van der Waals surface area contributed by atoms with E-state index in [2.05, 4.69) is 37.6 Å². The molecule has 0 unspecified atom stereocenters. The minimum absolute atomic E-state index is 0.165. The van der Waals surface area contributed by atoms with Crippen LogP contribution in [0.1, 0.15) is 44.7 Å². The molecule has 7 nitrogen and oxygen atoms in total. The molecule has 176 valence electrons. The number of carbonyl (C=O) groups excluding carboxylic acids is 1. The molecule has 0 radical (unpaired) electrons. The lowest BCUT2D eigenvalue weighted by Gasteiger charge is -2.30. The van der Waals surface area contributed by atoms with Crippen LogP contribution in [0.25, 0.3) is 22.2 Å².